The van der Waals surface area contributed by atoms with E-state index in [4.69, 9.17) is 0 Å². The third kappa shape index (κ3) is 1.39. The van der Waals surface area contributed by atoms with Crippen molar-refractivity contribution < 1.29 is 4.79 Å². The van der Waals surface area contributed by atoms with E-state index in [0.717, 1.165) is 12.7 Å². The van der Waals surface area contributed by atoms with E-state index in [0.29, 0.717) is 5.92 Å². The van der Waals surface area contributed by atoms with Crippen LogP contribution in [0.5, 0.6) is 0 Å². The van der Waals surface area contributed by atoms with Crippen molar-refractivity contribution in [3.63, 3.8) is 0 Å². The van der Waals surface area contributed by atoms with Crippen LogP contribution < -0.4 is 0 Å². The maximum atomic E-state index is 11.1. The van der Waals surface area contributed by atoms with Crippen molar-refractivity contribution in [1.29, 1.82) is 0 Å². The Labute approximate surface area is 84.5 Å². The van der Waals surface area contributed by atoms with Gasteiger partial charge < -0.3 is 4.79 Å². The van der Waals surface area contributed by atoms with E-state index >= 15 is 0 Å². The highest BCUT2D eigenvalue weighted by molar-refractivity contribution is 5.71. The summed E-state index contributed by atoms with van der Waals surface area (Å²) in [5.74, 6) is 0.434. The molecule has 0 saturated heterocycles. The lowest BCUT2D eigenvalue weighted by Crippen LogP contribution is -2.15. The summed E-state index contributed by atoms with van der Waals surface area (Å²) in [5.41, 5.74) is 2.37. The molecule has 1 aromatic carbocycles. The number of allylic oxidation sites excluding steroid dienone is 1. The maximum Gasteiger partial charge on any atom is 0.128 e. The lowest BCUT2D eigenvalue weighted by atomic mass is 9.79. The average molecular weight is 186 g/mol. The smallest absolute Gasteiger partial charge is 0.128 e. The Bertz CT molecular complexity index is 365. The van der Waals surface area contributed by atoms with Crippen molar-refractivity contribution in [2.45, 2.75) is 19.3 Å². The van der Waals surface area contributed by atoms with Crippen LogP contribution in [-0.4, -0.2) is 6.29 Å². The first kappa shape index (κ1) is 9.20. The summed E-state index contributed by atoms with van der Waals surface area (Å²) in [7, 11) is 0. The highest BCUT2D eigenvalue weighted by atomic mass is 16.1. The van der Waals surface area contributed by atoms with Gasteiger partial charge in [0.1, 0.15) is 6.29 Å². The van der Waals surface area contributed by atoms with Crippen LogP contribution in [0.1, 0.15) is 30.4 Å². The molecular formula is C13H14O. The van der Waals surface area contributed by atoms with Gasteiger partial charge >= 0.3 is 0 Å². The van der Waals surface area contributed by atoms with Crippen LogP contribution in [0.2, 0.25) is 0 Å². The van der Waals surface area contributed by atoms with Gasteiger partial charge in [-0.2, -0.15) is 0 Å². The van der Waals surface area contributed by atoms with Crippen molar-refractivity contribution >= 4 is 12.4 Å². The first-order valence-corrected chi connectivity index (χ1v) is 5.09. The number of fused-ring (bicyclic) bond motifs is 1. The van der Waals surface area contributed by atoms with Crippen LogP contribution in [-0.2, 0) is 4.79 Å². The molecule has 0 fully saturated rings. The molecule has 0 spiro atoms. The molecule has 0 heterocycles. The fourth-order valence-corrected chi connectivity index (χ4v) is 2.11. The van der Waals surface area contributed by atoms with Crippen LogP contribution in [0.25, 0.3) is 6.08 Å². The zero-order valence-electron chi connectivity index (χ0n) is 8.31. The van der Waals surface area contributed by atoms with Crippen LogP contribution in [0.15, 0.2) is 30.3 Å². The zero-order valence-corrected chi connectivity index (χ0v) is 8.31. The Balaban J connectivity index is 2.46. The van der Waals surface area contributed by atoms with Gasteiger partial charge in [0, 0.05) is 5.92 Å². The fraction of sp³-hybridized carbons (Fsp3) is 0.308. The van der Waals surface area contributed by atoms with Gasteiger partial charge in [0.2, 0.25) is 0 Å². The van der Waals surface area contributed by atoms with E-state index in [2.05, 4.69) is 31.2 Å². The fourth-order valence-electron chi connectivity index (χ4n) is 2.11. The first-order chi connectivity index (χ1) is 6.86. The molecule has 1 nitrogen and oxygen atoms in total. The predicted octanol–water partition coefficient (Wildman–Crippen LogP) is 3.02. The summed E-state index contributed by atoms with van der Waals surface area (Å²) in [6.45, 7) is 2.12. The largest absolute Gasteiger partial charge is 0.303 e. The molecule has 1 heteroatoms. The molecule has 0 saturated carbocycles. The van der Waals surface area contributed by atoms with Gasteiger partial charge in [0.15, 0.2) is 0 Å². The highest BCUT2D eigenvalue weighted by Gasteiger charge is 2.23. The molecule has 0 aliphatic heterocycles. The molecule has 0 N–H and O–H groups in total. The van der Waals surface area contributed by atoms with Gasteiger partial charge in [-0.1, -0.05) is 43.3 Å². The van der Waals surface area contributed by atoms with Crippen LogP contribution >= 0.6 is 0 Å². The molecule has 2 rings (SSSR count). The minimum absolute atomic E-state index is 0.0567. The van der Waals surface area contributed by atoms with Gasteiger partial charge in [-0.15, -0.1) is 0 Å². The van der Waals surface area contributed by atoms with Crippen molar-refractivity contribution in [3.05, 3.63) is 41.5 Å². The Morgan fingerprint density at radius 3 is 2.86 bits per heavy atom. The maximum absolute atomic E-state index is 11.1. The van der Waals surface area contributed by atoms with Gasteiger partial charge in [0.25, 0.3) is 0 Å². The first-order valence-electron chi connectivity index (χ1n) is 5.09. The minimum atomic E-state index is 0.0567. The SMILES string of the molecule is CCC1C=Cc2ccccc2C1C=O. The third-order valence-corrected chi connectivity index (χ3v) is 2.96. The molecule has 0 bridgehead atoms. The monoisotopic (exact) mass is 186 g/mol. The van der Waals surface area contributed by atoms with E-state index in [1.165, 1.54) is 11.1 Å². The number of rotatable bonds is 2. The molecule has 1 aromatic rings. The number of carbonyl (C=O) groups is 1. The van der Waals surface area contributed by atoms with E-state index < -0.39 is 0 Å². The Morgan fingerprint density at radius 1 is 1.36 bits per heavy atom. The predicted molar refractivity (Wildman–Crippen MR) is 58.1 cm³/mol. The molecule has 0 amide bonds. The minimum Gasteiger partial charge on any atom is -0.303 e. The Hall–Kier alpha value is -1.37. The number of benzene rings is 1. The van der Waals surface area contributed by atoms with Gasteiger partial charge in [-0.05, 0) is 23.5 Å². The lowest BCUT2D eigenvalue weighted by Gasteiger charge is -2.24. The molecule has 72 valence electrons. The topological polar surface area (TPSA) is 17.1 Å². The number of hydrogen-bond donors (Lipinski definition) is 0. The van der Waals surface area contributed by atoms with Crippen molar-refractivity contribution in [1.82, 2.24) is 0 Å². The van der Waals surface area contributed by atoms with Gasteiger partial charge in [-0.25, -0.2) is 0 Å². The second-order valence-corrected chi connectivity index (χ2v) is 3.72. The molecule has 0 aromatic heterocycles. The van der Waals surface area contributed by atoms with Crippen LogP contribution in [0.4, 0.5) is 0 Å². The molecule has 0 radical (unpaired) electrons. The van der Waals surface area contributed by atoms with E-state index in [-0.39, 0.29) is 5.92 Å². The summed E-state index contributed by atoms with van der Waals surface area (Å²) >= 11 is 0. The lowest BCUT2D eigenvalue weighted by molar-refractivity contribution is -0.109. The number of hydrogen-bond acceptors (Lipinski definition) is 1. The second kappa shape index (κ2) is 3.79. The molecular weight excluding hydrogens is 172 g/mol. The summed E-state index contributed by atoms with van der Waals surface area (Å²) in [6.07, 6.45) is 6.38. The Morgan fingerprint density at radius 2 is 2.14 bits per heavy atom. The second-order valence-electron chi connectivity index (χ2n) is 3.72. The van der Waals surface area contributed by atoms with E-state index in [1.807, 2.05) is 12.1 Å². The summed E-state index contributed by atoms with van der Waals surface area (Å²) in [6, 6.07) is 8.13. The van der Waals surface area contributed by atoms with Crippen molar-refractivity contribution in [2.24, 2.45) is 5.92 Å². The standard InChI is InChI=1S/C13H14O/c1-2-10-7-8-11-5-3-4-6-12(11)13(10)9-14/h3-10,13H,2H2,1H3. The molecule has 14 heavy (non-hydrogen) atoms. The molecule has 1 aliphatic carbocycles. The third-order valence-electron chi connectivity index (χ3n) is 2.96. The average Bonchev–Trinajstić information content (AvgIpc) is 2.27. The quantitative estimate of drug-likeness (QED) is 0.649. The normalized spacial score (nSPS) is 24.4. The summed E-state index contributed by atoms with van der Waals surface area (Å²) in [5, 5.41) is 0. The summed E-state index contributed by atoms with van der Waals surface area (Å²) < 4.78 is 0. The highest BCUT2D eigenvalue weighted by Crippen LogP contribution is 2.34. The van der Waals surface area contributed by atoms with Gasteiger partial charge in [0.05, 0.1) is 0 Å². The van der Waals surface area contributed by atoms with E-state index in [1.54, 1.807) is 0 Å². The molecule has 2 unspecified atom stereocenters. The number of aldehydes is 1. The van der Waals surface area contributed by atoms with Gasteiger partial charge in [-0.3, -0.25) is 0 Å². The summed E-state index contributed by atoms with van der Waals surface area (Å²) in [4.78, 5) is 11.1. The zero-order chi connectivity index (χ0) is 9.97. The molecule has 2 atom stereocenters. The van der Waals surface area contributed by atoms with E-state index in [9.17, 15) is 4.79 Å². The van der Waals surface area contributed by atoms with Crippen LogP contribution in [0.3, 0.4) is 0 Å². The van der Waals surface area contributed by atoms with Crippen LogP contribution in [0, 0.1) is 5.92 Å². The van der Waals surface area contributed by atoms with Crippen molar-refractivity contribution in [3.8, 4) is 0 Å². The number of carbonyl (C=O) groups excluding carboxylic acids is 1. The van der Waals surface area contributed by atoms with Crippen molar-refractivity contribution in [2.75, 3.05) is 0 Å². The molecule has 1 aliphatic rings. The Kier molecular flexibility index (Phi) is 2.49.